The lowest BCUT2D eigenvalue weighted by Gasteiger charge is -2.29. The molecular weight excluding hydrogens is 152 g/mol. The average Bonchev–Trinajstić information content (AvgIpc) is 1.98. The zero-order valence-corrected chi connectivity index (χ0v) is 8.72. The van der Waals surface area contributed by atoms with Gasteiger partial charge in [0.05, 0.1) is 0 Å². The minimum Gasteiger partial charge on any atom is -0.275 e. The highest BCUT2D eigenvalue weighted by Crippen LogP contribution is 2.01. The van der Waals surface area contributed by atoms with E-state index in [2.05, 4.69) is 12.3 Å². The van der Waals surface area contributed by atoms with Gasteiger partial charge in [0.15, 0.2) is 0 Å². The number of carbonyl (C=O) groups is 1. The molecule has 12 heavy (non-hydrogen) atoms. The van der Waals surface area contributed by atoms with Crippen LogP contribution in [0.1, 0.15) is 41.0 Å². The number of hydrogen-bond donors (Lipinski definition) is 1. The molecule has 0 aliphatic rings. The van der Waals surface area contributed by atoms with Gasteiger partial charge in [-0.15, -0.1) is 0 Å². The van der Waals surface area contributed by atoms with Crippen LogP contribution in [0, 0.1) is 0 Å². The summed E-state index contributed by atoms with van der Waals surface area (Å²) < 4.78 is 0. The molecule has 0 aromatic heterocycles. The van der Waals surface area contributed by atoms with Crippen molar-refractivity contribution >= 4 is 5.91 Å². The van der Waals surface area contributed by atoms with Crippen molar-refractivity contribution in [2.24, 2.45) is 0 Å². The molecule has 72 valence electrons. The summed E-state index contributed by atoms with van der Waals surface area (Å²) in [5.74, 6) is 0.0815. The Morgan fingerprint density at radius 1 is 1.42 bits per heavy atom. The second-order valence-electron chi connectivity index (χ2n) is 3.43. The van der Waals surface area contributed by atoms with Crippen LogP contribution >= 0.6 is 0 Å². The molecule has 0 fully saturated rings. The Balaban J connectivity index is 4.13. The van der Waals surface area contributed by atoms with Crippen molar-refractivity contribution in [1.29, 1.82) is 0 Å². The summed E-state index contributed by atoms with van der Waals surface area (Å²) in [6.07, 6.45) is 0.972. The maximum atomic E-state index is 11.1. The number of hydrogen-bond acceptors (Lipinski definition) is 2. The van der Waals surface area contributed by atoms with Gasteiger partial charge in [0.1, 0.15) is 0 Å². The normalized spacial score (nSPS) is 13.2. The maximum Gasteiger partial charge on any atom is 0.233 e. The Morgan fingerprint density at radius 2 is 1.92 bits per heavy atom. The topological polar surface area (TPSA) is 32.3 Å². The van der Waals surface area contributed by atoms with Gasteiger partial charge in [-0.1, -0.05) is 6.92 Å². The van der Waals surface area contributed by atoms with E-state index in [9.17, 15) is 4.79 Å². The lowest BCUT2D eigenvalue weighted by atomic mass is 10.2. The number of amides is 1. The molecule has 0 heterocycles. The van der Waals surface area contributed by atoms with Gasteiger partial charge in [0.2, 0.25) is 5.91 Å². The number of hydrazine groups is 1. The van der Waals surface area contributed by atoms with Crippen molar-refractivity contribution in [3.63, 3.8) is 0 Å². The van der Waals surface area contributed by atoms with Gasteiger partial charge in [-0.25, -0.2) is 5.43 Å². The van der Waals surface area contributed by atoms with E-state index < -0.39 is 0 Å². The van der Waals surface area contributed by atoms with Crippen molar-refractivity contribution in [2.75, 3.05) is 0 Å². The molecule has 0 aliphatic carbocycles. The average molecular weight is 172 g/mol. The van der Waals surface area contributed by atoms with Crippen LogP contribution in [0.4, 0.5) is 0 Å². The SMILES string of the molecule is CCC(C)N(NC(C)C)C(C)=O. The standard InChI is InChI=1S/C9H20N2O/c1-6-8(4)11(9(5)12)10-7(2)3/h7-8,10H,6H2,1-5H3. The fraction of sp³-hybridized carbons (Fsp3) is 0.889. The zero-order chi connectivity index (χ0) is 9.72. The molecule has 0 aromatic rings. The monoisotopic (exact) mass is 172 g/mol. The van der Waals surface area contributed by atoms with Crippen molar-refractivity contribution in [1.82, 2.24) is 10.4 Å². The quantitative estimate of drug-likeness (QED) is 0.652. The highest BCUT2D eigenvalue weighted by Gasteiger charge is 2.15. The Labute approximate surface area is 75.1 Å². The van der Waals surface area contributed by atoms with Gasteiger partial charge in [-0.3, -0.25) is 9.80 Å². The van der Waals surface area contributed by atoms with Gasteiger partial charge in [0, 0.05) is 19.0 Å². The lowest BCUT2D eigenvalue weighted by molar-refractivity contribution is -0.135. The van der Waals surface area contributed by atoms with Gasteiger partial charge in [0.25, 0.3) is 0 Å². The van der Waals surface area contributed by atoms with E-state index in [-0.39, 0.29) is 11.9 Å². The molecule has 0 bridgehead atoms. The van der Waals surface area contributed by atoms with E-state index in [0.29, 0.717) is 6.04 Å². The Hall–Kier alpha value is -0.570. The molecule has 1 unspecified atom stereocenters. The van der Waals surface area contributed by atoms with Crippen LogP contribution in [0.15, 0.2) is 0 Å². The predicted octanol–water partition coefficient (Wildman–Crippen LogP) is 1.55. The van der Waals surface area contributed by atoms with Crippen LogP contribution in [-0.4, -0.2) is 23.0 Å². The minimum atomic E-state index is 0.0815. The summed E-state index contributed by atoms with van der Waals surface area (Å²) in [7, 11) is 0. The van der Waals surface area contributed by atoms with Crippen LogP contribution in [0.25, 0.3) is 0 Å². The summed E-state index contributed by atoms with van der Waals surface area (Å²) in [5.41, 5.74) is 3.11. The largest absolute Gasteiger partial charge is 0.275 e. The molecule has 3 heteroatoms. The summed E-state index contributed by atoms with van der Waals surface area (Å²) in [6, 6.07) is 0.577. The smallest absolute Gasteiger partial charge is 0.233 e. The molecule has 1 amide bonds. The first kappa shape index (κ1) is 11.4. The summed E-state index contributed by atoms with van der Waals surface area (Å²) in [4.78, 5) is 11.1. The van der Waals surface area contributed by atoms with Crippen LogP contribution in [-0.2, 0) is 4.79 Å². The summed E-state index contributed by atoms with van der Waals surface area (Å²) in [5, 5.41) is 1.70. The Bertz CT molecular complexity index is 145. The number of carbonyl (C=O) groups excluding carboxylic acids is 1. The van der Waals surface area contributed by atoms with Gasteiger partial charge >= 0.3 is 0 Å². The van der Waals surface area contributed by atoms with Crippen molar-refractivity contribution < 1.29 is 4.79 Å². The van der Waals surface area contributed by atoms with Crippen LogP contribution in [0.5, 0.6) is 0 Å². The number of nitrogens with zero attached hydrogens (tertiary/aromatic N) is 1. The molecular formula is C9H20N2O. The second kappa shape index (κ2) is 5.14. The lowest BCUT2D eigenvalue weighted by Crippen LogP contribution is -2.49. The zero-order valence-electron chi connectivity index (χ0n) is 8.72. The van der Waals surface area contributed by atoms with E-state index in [1.54, 1.807) is 11.9 Å². The van der Waals surface area contributed by atoms with E-state index in [0.717, 1.165) is 6.42 Å². The van der Waals surface area contributed by atoms with E-state index >= 15 is 0 Å². The third-order valence-electron chi connectivity index (χ3n) is 1.77. The molecule has 0 radical (unpaired) electrons. The van der Waals surface area contributed by atoms with Crippen LogP contribution < -0.4 is 5.43 Å². The summed E-state index contributed by atoms with van der Waals surface area (Å²) in [6.45, 7) is 9.75. The first-order chi connectivity index (χ1) is 5.49. The number of nitrogens with one attached hydrogen (secondary N) is 1. The van der Waals surface area contributed by atoms with Gasteiger partial charge < -0.3 is 0 Å². The van der Waals surface area contributed by atoms with Crippen molar-refractivity contribution in [3.05, 3.63) is 0 Å². The second-order valence-corrected chi connectivity index (χ2v) is 3.43. The minimum absolute atomic E-state index is 0.0815. The highest BCUT2D eigenvalue weighted by atomic mass is 16.2. The molecule has 0 rings (SSSR count). The van der Waals surface area contributed by atoms with Crippen LogP contribution in [0.2, 0.25) is 0 Å². The fourth-order valence-corrected chi connectivity index (χ4v) is 0.989. The maximum absolute atomic E-state index is 11.1. The molecule has 0 spiro atoms. The molecule has 0 aromatic carbocycles. The molecule has 0 saturated heterocycles. The molecule has 0 aliphatic heterocycles. The van der Waals surface area contributed by atoms with E-state index in [1.165, 1.54) is 0 Å². The molecule has 1 N–H and O–H groups in total. The van der Waals surface area contributed by atoms with Crippen LogP contribution in [0.3, 0.4) is 0 Å². The fourth-order valence-electron chi connectivity index (χ4n) is 0.989. The molecule has 1 atom stereocenters. The van der Waals surface area contributed by atoms with E-state index in [4.69, 9.17) is 0 Å². The Morgan fingerprint density at radius 3 is 2.17 bits per heavy atom. The number of rotatable bonds is 4. The molecule has 3 nitrogen and oxygen atoms in total. The van der Waals surface area contributed by atoms with E-state index in [1.807, 2.05) is 20.8 Å². The van der Waals surface area contributed by atoms with Crippen molar-refractivity contribution in [2.45, 2.75) is 53.1 Å². The highest BCUT2D eigenvalue weighted by molar-refractivity contribution is 5.73. The predicted molar refractivity (Wildman–Crippen MR) is 50.5 cm³/mol. The third kappa shape index (κ3) is 3.72. The third-order valence-corrected chi connectivity index (χ3v) is 1.77. The molecule has 0 saturated carbocycles. The van der Waals surface area contributed by atoms with Gasteiger partial charge in [-0.2, -0.15) is 0 Å². The van der Waals surface area contributed by atoms with Gasteiger partial charge in [-0.05, 0) is 27.2 Å². The Kier molecular flexibility index (Phi) is 4.90. The first-order valence-electron chi connectivity index (χ1n) is 4.55. The first-order valence-corrected chi connectivity index (χ1v) is 4.55. The summed E-state index contributed by atoms with van der Waals surface area (Å²) >= 11 is 0. The van der Waals surface area contributed by atoms with Crippen molar-refractivity contribution in [3.8, 4) is 0 Å².